The van der Waals surface area contributed by atoms with Crippen molar-refractivity contribution in [3.8, 4) is 5.75 Å². The quantitative estimate of drug-likeness (QED) is 0.509. The number of Topliss-reactive ketones (excluding diaryl/α,β-unsaturated/α-hetero) is 1. The molecule has 22 heavy (non-hydrogen) atoms. The number of rotatable bonds is 5. The summed E-state index contributed by atoms with van der Waals surface area (Å²) in [7, 11) is -1.15. The van der Waals surface area contributed by atoms with Crippen molar-refractivity contribution in [3.05, 3.63) is 41.5 Å². The maximum atomic E-state index is 11.8. The minimum Gasteiger partial charge on any atom is -0.535 e. The van der Waals surface area contributed by atoms with Gasteiger partial charge in [-0.2, -0.15) is 0 Å². The van der Waals surface area contributed by atoms with E-state index in [1.54, 1.807) is 12.1 Å². The third-order valence-corrected chi connectivity index (χ3v) is 3.57. The largest absolute Gasteiger partial charge is 0.535 e. The molecule has 0 aliphatic carbocycles. The molecule has 1 atom stereocenters. The topological polar surface area (TPSA) is 80.7 Å². The molecule has 5 nitrogen and oxygen atoms in total. The summed E-state index contributed by atoms with van der Waals surface area (Å²) in [6.45, 7) is 2.80. The lowest BCUT2D eigenvalue weighted by Crippen LogP contribution is -2.35. The van der Waals surface area contributed by atoms with Gasteiger partial charge in [0, 0.05) is 12.2 Å². The lowest BCUT2D eigenvalue weighted by Gasteiger charge is -2.28. The fourth-order valence-corrected chi connectivity index (χ4v) is 2.47. The predicted molar refractivity (Wildman–Crippen MR) is 81.9 cm³/mol. The van der Waals surface area contributed by atoms with E-state index in [4.69, 9.17) is 4.65 Å². The van der Waals surface area contributed by atoms with Gasteiger partial charge in [0.1, 0.15) is 5.75 Å². The van der Waals surface area contributed by atoms with E-state index in [-0.39, 0.29) is 23.8 Å². The van der Waals surface area contributed by atoms with Gasteiger partial charge in [-0.1, -0.05) is 12.1 Å². The molecule has 1 N–H and O–H groups in total. The molecule has 1 aromatic carbocycles. The van der Waals surface area contributed by atoms with Crippen LogP contribution < -0.4 is 4.65 Å². The molecule has 1 aliphatic heterocycles. The zero-order valence-corrected chi connectivity index (χ0v) is 12.5. The van der Waals surface area contributed by atoms with Crippen molar-refractivity contribution in [2.75, 3.05) is 0 Å². The molecule has 0 spiro atoms. The Morgan fingerprint density at radius 1 is 1.32 bits per heavy atom. The van der Waals surface area contributed by atoms with Crippen molar-refractivity contribution in [1.82, 2.24) is 0 Å². The molecule has 114 valence electrons. The van der Waals surface area contributed by atoms with Crippen LogP contribution in [0.5, 0.6) is 5.75 Å². The molecule has 1 heterocycles. The summed E-state index contributed by atoms with van der Waals surface area (Å²) in [6, 6.07) is 5.22. The van der Waals surface area contributed by atoms with Gasteiger partial charge in [-0.25, -0.2) is 0 Å². The second kappa shape index (κ2) is 6.70. The van der Waals surface area contributed by atoms with E-state index in [9.17, 15) is 19.4 Å². The normalized spacial score (nSPS) is 17.0. The third kappa shape index (κ3) is 3.71. The summed E-state index contributed by atoms with van der Waals surface area (Å²) < 4.78 is 5.45. The minimum atomic E-state index is -1.15. The van der Waals surface area contributed by atoms with Gasteiger partial charge in [0.25, 0.3) is 0 Å². The average Bonchev–Trinajstić information content (AvgIpc) is 2.45. The summed E-state index contributed by atoms with van der Waals surface area (Å²) in [6.07, 6.45) is 2.95. The predicted octanol–water partition coefficient (Wildman–Crippen LogP) is 1.78. The first-order valence-electron chi connectivity index (χ1n) is 7.07. The number of fused-ring (bicyclic) bond motifs is 1. The number of carbonyl (C=O) groups is 3. The maximum absolute atomic E-state index is 11.8. The van der Waals surface area contributed by atoms with E-state index in [2.05, 4.69) is 0 Å². The monoisotopic (exact) mass is 300 g/mol. The second-order valence-corrected chi connectivity index (χ2v) is 5.44. The van der Waals surface area contributed by atoms with E-state index < -0.39 is 12.9 Å². The van der Waals surface area contributed by atoms with E-state index in [1.165, 1.54) is 26.0 Å². The van der Waals surface area contributed by atoms with Crippen molar-refractivity contribution in [2.24, 2.45) is 0 Å². The third-order valence-electron chi connectivity index (χ3n) is 3.57. The fraction of sp³-hybridized carbons (Fsp3) is 0.312. The zero-order valence-electron chi connectivity index (χ0n) is 12.5. The first-order valence-corrected chi connectivity index (χ1v) is 7.07. The van der Waals surface area contributed by atoms with Crippen molar-refractivity contribution >= 4 is 24.5 Å². The van der Waals surface area contributed by atoms with Gasteiger partial charge >= 0.3 is 7.12 Å². The van der Waals surface area contributed by atoms with Gasteiger partial charge in [0.05, 0.1) is 5.56 Å². The molecule has 0 amide bonds. The van der Waals surface area contributed by atoms with Gasteiger partial charge in [0.15, 0.2) is 17.3 Å². The lowest BCUT2D eigenvalue weighted by molar-refractivity contribution is -0.116. The highest BCUT2D eigenvalue weighted by molar-refractivity contribution is 6.47. The van der Waals surface area contributed by atoms with Gasteiger partial charge in [-0.3, -0.25) is 14.4 Å². The lowest BCUT2D eigenvalue weighted by atomic mass is 9.64. The summed E-state index contributed by atoms with van der Waals surface area (Å²) in [5, 5.41) is 10.1. The van der Waals surface area contributed by atoms with Crippen molar-refractivity contribution in [1.29, 1.82) is 0 Å². The van der Waals surface area contributed by atoms with Crippen LogP contribution in [0, 0.1) is 0 Å². The van der Waals surface area contributed by atoms with Gasteiger partial charge in [-0.15, -0.1) is 0 Å². The van der Waals surface area contributed by atoms with Crippen LogP contribution in [0.2, 0.25) is 5.82 Å². The molecule has 1 aromatic rings. The molecule has 0 radical (unpaired) electrons. The minimum absolute atomic E-state index is 0.0781. The molecule has 0 bridgehead atoms. The Hall–Kier alpha value is -2.21. The summed E-state index contributed by atoms with van der Waals surface area (Å²) in [4.78, 5) is 34.2. The van der Waals surface area contributed by atoms with Crippen LogP contribution in [0.1, 0.15) is 36.2 Å². The fourth-order valence-electron chi connectivity index (χ4n) is 2.47. The van der Waals surface area contributed by atoms with Crippen molar-refractivity contribution < 1.29 is 24.1 Å². The smallest absolute Gasteiger partial charge is 0.526 e. The first kappa shape index (κ1) is 16.2. The Morgan fingerprint density at radius 2 is 2.05 bits per heavy atom. The standard InChI is InChI=1S/C16H17BO5/c1-10(18)6-7-14(20)9-13-8-12-4-3-5-15(11(2)19)16(12)22-17(13)21/h3-7,13,21H,8-9H2,1-2H3/b7-6+/t13-/m1/s1. The van der Waals surface area contributed by atoms with Crippen LogP contribution in [-0.4, -0.2) is 29.5 Å². The Bertz CT molecular complexity index is 650. The molecule has 0 saturated carbocycles. The number of hydrogen-bond acceptors (Lipinski definition) is 5. The van der Waals surface area contributed by atoms with Crippen molar-refractivity contribution in [2.45, 2.75) is 32.5 Å². The first-order chi connectivity index (χ1) is 10.4. The number of para-hydroxylation sites is 1. The van der Waals surface area contributed by atoms with Crippen LogP contribution in [0.3, 0.4) is 0 Å². The second-order valence-electron chi connectivity index (χ2n) is 5.44. The number of carbonyl (C=O) groups excluding carboxylic acids is 3. The molecule has 6 heteroatoms. The number of hydrogen-bond donors (Lipinski definition) is 1. The average molecular weight is 300 g/mol. The number of allylic oxidation sites excluding steroid dienone is 2. The molecule has 0 fully saturated rings. The zero-order chi connectivity index (χ0) is 16.3. The van der Waals surface area contributed by atoms with Crippen LogP contribution in [0.4, 0.5) is 0 Å². The van der Waals surface area contributed by atoms with Crippen LogP contribution in [0.15, 0.2) is 30.4 Å². The molecular weight excluding hydrogens is 283 g/mol. The Kier molecular flexibility index (Phi) is 4.93. The Balaban J connectivity index is 2.16. The van der Waals surface area contributed by atoms with Crippen LogP contribution >= 0.6 is 0 Å². The van der Waals surface area contributed by atoms with Gasteiger partial charge < -0.3 is 9.68 Å². The van der Waals surface area contributed by atoms with Gasteiger partial charge in [-0.05, 0) is 44.1 Å². The van der Waals surface area contributed by atoms with E-state index >= 15 is 0 Å². The Morgan fingerprint density at radius 3 is 2.68 bits per heavy atom. The molecule has 1 aliphatic rings. The molecule has 0 saturated heterocycles. The highest BCUT2D eigenvalue weighted by Gasteiger charge is 2.36. The van der Waals surface area contributed by atoms with E-state index in [0.29, 0.717) is 17.7 Å². The Labute approximate surface area is 129 Å². The molecular formula is C16H17BO5. The highest BCUT2D eigenvalue weighted by atomic mass is 16.5. The van der Waals surface area contributed by atoms with E-state index in [0.717, 1.165) is 5.56 Å². The van der Waals surface area contributed by atoms with Crippen LogP contribution in [-0.2, 0) is 16.0 Å². The molecule has 2 rings (SSSR count). The van der Waals surface area contributed by atoms with Crippen molar-refractivity contribution in [3.63, 3.8) is 0 Å². The van der Waals surface area contributed by atoms with E-state index in [1.807, 2.05) is 6.07 Å². The molecule has 0 unspecified atom stereocenters. The SMILES string of the molecule is CC(=O)/C=C/C(=O)C[C@H]1Cc2cccc(C(C)=O)c2OB1O. The number of benzene rings is 1. The summed E-state index contributed by atoms with van der Waals surface area (Å²) in [5.74, 6) is -0.591. The summed E-state index contributed by atoms with van der Waals surface area (Å²) >= 11 is 0. The number of ketones is 3. The van der Waals surface area contributed by atoms with Crippen LogP contribution in [0.25, 0.3) is 0 Å². The molecule has 0 aromatic heterocycles. The highest BCUT2D eigenvalue weighted by Crippen LogP contribution is 2.36. The maximum Gasteiger partial charge on any atom is 0.526 e. The van der Waals surface area contributed by atoms with Gasteiger partial charge in [0.2, 0.25) is 0 Å². The summed E-state index contributed by atoms with van der Waals surface area (Å²) in [5.41, 5.74) is 1.23.